The number of halogens is 1. The van der Waals surface area contributed by atoms with E-state index in [2.05, 4.69) is 55.7 Å². The lowest BCUT2D eigenvalue weighted by atomic mass is 9.98. The van der Waals surface area contributed by atoms with Gasteiger partial charge in [0.1, 0.15) is 0 Å². The van der Waals surface area contributed by atoms with Crippen molar-refractivity contribution >= 4 is 50.5 Å². The maximum atomic E-state index is 13.2. The molecule has 6 nitrogen and oxygen atoms in total. The molecular formula is C30H30BrN3O3. The molecular weight excluding hydrogens is 530 g/mol. The van der Waals surface area contributed by atoms with Gasteiger partial charge in [0.2, 0.25) is 0 Å². The van der Waals surface area contributed by atoms with Gasteiger partial charge in [-0.2, -0.15) is 0 Å². The van der Waals surface area contributed by atoms with Crippen molar-refractivity contribution < 1.29 is 14.3 Å². The van der Waals surface area contributed by atoms with Gasteiger partial charge in [-0.15, -0.1) is 0 Å². The molecule has 2 aliphatic rings. The molecule has 2 N–H and O–H groups in total. The first kappa shape index (κ1) is 25.2. The number of hydrogen-bond acceptors (Lipinski definition) is 5. The van der Waals surface area contributed by atoms with Gasteiger partial charge in [-0.3, -0.25) is 14.5 Å². The third-order valence-corrected chi connectivity index (χ3v) is 7.39. The zero-order chi connectivity index (χ0) is 25.8. The van der Waals surface area contributed by atoms with Gasteiger partial charge < -0.3 is 15.4 Å². The Morgan fingerprint density at radius 2 is 1.70 bits per heavy atom. The molecule has 1 amide bonds. The summed E-state index contributed by atoms with van der Waals surface area (Å²) in [7, 11) is 1.40. The number of nitrogens with one attached hydrogen (secondary N) is 2. The number of carbonyl (C=O) groups is 2. The van der Waals surface area contributed by atoms with E-state index >= 15 is 0 Å². The fraction of sp³-hybridized carbons (Fsp3) is 0.267. The number of carbonyl (C=O) groups excluding carboxylic acids is 2. The Hall–Kier alpha value is -3.42. The van der Waals surface area contributed by atoms with E-state index < -0.39 is 0 Å². The first-order valence-corrected chi connectivity index (χ1v) is 13.4. The molecule has 0 atom stereocenters. The van der Waals surface area contributed by atoms with Gasteiger partial charge in [0.05, 0.1) is 24.1 Å². The van der Waals surface area contributed by atoms with Gasteiger partial charge >= 0.3 is 5.97 Å². The van der Waals surface area contributed by atoms with Crippen molar-refractivity contribution in [2.24, 2.45) is 0 Å². The number of amides is 1. The molecule has 37 heavy (non-hydrogen) atoms. The van der Waals surface area contributed by atoms with Gasteiger partial charge in [-0.1, -0.05) is 58.4 Å². The van der Waals surface area contributed by atoms with E-state index in [1.165, 1.54) is 25.5 Å². The van der Waals surface area contributed by atoms with Crippen molar-refractivity contribution in [3.8, 4) is 0 Å². The topological polar surface area (TPSA) is 70.7 Å². The van der Waals surface area contributed by atoms with Crippen LogP contribution in [0.5, 0.6) is 0 Å². The second-order valence-electron chi connectivity index (χ2n) is 9.47. The van der Waals surface area contributed by atoms with Gasteiger partial charge in [0.25, 0.3) is 5.91 Å². The average molecular weight is 560 g/mol. The van der Waals surface area contributed by atoms with Crippen LogP contribution in [-0.4, -0.2) is 37.0 Å². The van der Waals surface area contributed by atoms with E-state index in [1.807, 2.05) is 42.5 Å². The maximum absolute atomic E-state index is 13.2. The molecule has 0 radical (unpaired) electrons. The molecule has 7 heteroatoms. The third kappa shape index (κ3) is 5.95. The summed E-state index contributed by atoms with van der Waals surface area (Å²) < 4.78 is 5.67. The van der Waals surface area contributed by atoms with E-state index in [1.54, 1.807) is 0 Å². The Morgan fingerprint density at radius 3 is 2.41 bits per heavy atom. The van der Waals surface area contributed by atoms with Crippen LogP contribution in [0.2, 0.25) is 0 Å². The SMILES string of the molecule is COC(=O)CCc1ccc(/C(Nc2ccc(CN3CCCC3)cc2)=C2/C(=O)Nc3cc(Br)ccc32)cc1. The molecule has 2 heterocycles. The van der Waals surface area contributed by atoms with Crippen LogP contribution in [0.1, 0.15) is 41.5 Å². The Labute approximate surface area is 225 Å². The van der Waals surface area contributed by atoms with E-state index in [0.717, 1.165) is 57.9 Å². The highest BCUT2D eigenvalue weighted by Crippen LogP contribution is 2.39. The molecule has 0 unspecified atom stereocenters. The first-order valence-electron chi connectivity index (χ1n) is 12.6. The molecule has 1 fully saturated rings. The van der Waals surface area contributed by atoms with Gasteiger partial charge in [0.15, 0.2) is 0 Å². The van der Waals surface area contributed by atoms with E-state index in [4.69, 9.17) is 4.74 Å². The summed E-state index contributed by atoms with van der Waals surface area (Å²) in [6.45, 7) is 3.29. The number of likely N-dealkylation sites (tertiary alicyclic amines) is 1. The number of esters is 1. The molecule has 2 aliphatic heterocycles. The summed E-state index contributed by atoms with van der Waals surface area (Å²) in [6, 6.07) is 22.2. The number of aryl methyl sites for hydroxylation is 1. The predicted molar refractivity (Wildman–Crippen MR) is 151 cm³/mol. The lowest BCUT2D eigenvalue weighted by Gasteiger charge is -2.17. The van der Waals surface area contributed by atoms with Crippen LogP contribution in [0.4, 0.5) is 11.4 Å². The van der Waals surface area contributed by atoms with Crippen LogP contribution in [0.25, 0.3) is 11.3 Å². The van der Waals surface area contributed by atoms with Crippen molar-refractivity contribution in [2.75, 3.05) is 30.8 Å². The van der Waals surface area contributed by atoms with Crippen LogP contribution in [0.3, 0.4) is 0 Å². The van der Waals surface area contributed by atoms with Crippen LogP contribution < -0.4 is 10.6 Å². The van der Waals surface area contributed by atoms with Crippen molar-refractivity contribution in [1.29, 1.82) is 0 Å². The van der Waals surface area contributed by atoms with Gasteiger partial charge in [-0.25, -0.2) is 0 Å². The predicted octanol–water partition coefficient (Wildman–Crippen LogP) is 6.08. The summed E-state index contributed by atoms with van der Waals surface area (Å²) in [5.41, 5.74) is 7.11. The normalized spacial score (nSPS) is 16.3. The Kier molecular flexibility index (Phi) is 7.72. The minimum Gasteiger partial charge on any atom is -0.469 e. The maximum Gasteiger partial charge on any atom is 0.305 e. The molecule has 0 aromatic heterocycles. The van der Waals surface area contributed by atoms with Crippen molar-refractivity contribution in [1.82, 2.24) is 4.90 Å². The van der Waals surface area contributed by atoms with Crippen molar-refractivity contribution in [3.05, 3.63) is 93.5 Å². The molecule has 0 aliphatic carbocycles. The third-order valence-electron chi connectivity index (χ3n) is 6.89. The Morgan fingerprint density at radius 1 is 1.00 bits per heavy atom. The summed E-state index contributed by atoms with van der Waals surface area (Å²) in [5.74, 6) is -0.372. The smallest absolute Gasteiger partial charge is 0.305 e. The zero-order valence-corrected chi connectivity index (χ0v) is 22.4. The Bertz CT molecular complexity index is 1330. The lowest BCUT2D eigenvalue weighted by Crippen LogP contribution is -2.18. The number of methoxy groups -OCH3 is 1. The minimum absolute atomic E-state index is 0.143. The molecule has 1 saturated heterocycles. The molecule has 190 valence electrons. The second kappa shape index (κ2) is 11.3. The number of benzene rings is 3. The number of fused-ring (bicyclic) bond motifs is 1. The molecule has 0 bridgehead atoms. The summed E-state index contributed by atoms with van der Waals surface area (Å²) in [6.07, 6.45) is 3.48. The first-order chi connectivity index (χ1) is 18.0. The quantitative estimate of drug-likeness (QED) is 0.258. The highest BCUT2D eigenvalue weighted by molar-refractivity contribution is 9.10. The molecule has 3 aromatic carbocycles. The number of ether oxygens (including phenoxy) is 1. The number of rotatable bonds is 8. The highest BCUT2D eigenvalue weighted by atomic mass is 79.9. The largest absolute Gasteiger partial charge is 0.469 e. The zero-order valence-electron chi connectivity index (χ0n) is 20.9. The lowest BCUT2D eigenvalue weighted by molar-refractivity contribution is -0.140. The summed E-state index contributed by atoms with van der Waals surface area (Å²) in [5, 5.41) is 6.54. The monoisotopic (exact) mass is 559 g/mol. The summed E-state index contributed by atoms with van der Waals surface area (Å²) in [4.78, 5) is 27.2. The molecule has 0 spiro atoms. The van der Waals surface area contributed by atoms with E-state index in [-0.39, 0.29) is 11.9 Å². The minimum atomic E-state index is -0.230. The van der Waals surface area contributed by atoms with Crippen LogP contribution in [-0.2, 0) is 27.3 Å². The van der Waals surface area contributed by atoms with E-state index in [0.29, 0.717) is 18.4 Å². The Balaban J connectivity index is 1.46. The van der Waals surface area contributed by atoms with Gasteiger partial charge in [-0.05, 0) is 73.3 Å². The highest BCUT2D eigenvalue weighted by Gasteiger charge is 2.28. The molecule has 3 aromatic rings. The summed E-state index contributed by atoms with van der Waals surface area (Å²) >= 11 is 3.50. The number of anilines is 2. The van der Waals surface area contributed by atoms with Gasteiger partial charge in [0, 0.05) is 28.7 Å². The van der Waals surface area contributed by atoms with Crippen LogP contribution in [0, 0.1) is 0 Å². The fourth-order valence-corrected chi connectivity index (χ4v) is 5.26. The fourth-order valence-electron chi connectivity index (χ4n) is 4.90. The van der Waals surface area contributed by atoms with E-state index in [9.17, 15) is 9.59 Å². The molecule has 5 rings (SSSR count). The van der Waals surface area contributed by atoms with Crippen molar-refractivity contribution in [2.45, 2.75) is 32.2 Å². The molecule has 0 saturated carbocycles. The number of nitrogens with zero attached hydrogens (tertiary/aromatic N) is 1. The van der Waals surface area contributed by atoms with Crippen molar-refractivity contribution in [3.63, 3.8) is 0 Å². The van der Waals surface area contributed by atoms with Crippen LogP contribution >= 0.6 is 15.9 Å². The second-order valence-corrected chi connectivity index (χ2v) is 10.4. The number of hydrogen-bond donors (Lipinski definition) is 2. The average Bonchev–Trinajstić information content (AvgIpc) is 3.53. The van der Waals surface area contributed by atoms with Crippen LogP contribution in [0.15, 0.2) is 71.2 Å². The standard InChI is InChI=1S/C30H30BrN3O3/c1-37-27(35)15-8-20-4-9-22(10-5-20)29(28-25-14-11-23(31)18-26(25)33-30(28)36)32-24-12-6-21(7-13-24)19-34-16-2-3-17-34/h4-7,9-14,18,32H,2-3,8,15-17,19H2,1H3,(H,33,36)/b29-28-.